The zero-order valence-electron chi connectivity index (χ0n) is 22.7. The quantitative estimate of drug-likeness (QED) is 0.203. The van der Waals surface area contributed by atoms with Gasteiger partial charge in [0.1, 0.15) is 17.3 Å². The van der Waals surface area contributed by atoms with Gasteiger partial charge >= 0.3 is 0 Å². The van der Waals surface area contributed by atoms with Crippen molar-refractivity contribution in [3.63, 3.8) is 0 Å². The molecule has 1 unspecified atom stereocenters. The van der Waals surface area contributed by atoms with Crippen molar-refractivity contribution in [1.82, 2.24) is 9.47 Å². The molecule has 0 saturated heterocycles. The lowest BCUT2D eigenvalue weighted by atomic mass is 9.87. The Bertz CT molecular complexity index is 1330. The fourth-order valence-electron chi connectivity index (χ4n) is 5.11. The molecule has 0 saturated carbocycles. The smallest absolute Gasteiger partial charge is 0.223 e. The van der Waals surface area contributed by atoms with E-state index in [1.807, 2.05) is 47.4 Å². The van der Waals surface area contributed by atoms with E-state index in [4.69, 9.17) is 9.47 Å². The van der Waals surface area contributed by atoms with Gasteiger partial charge in [-0.3, -0.25) is 4.79 Å². The van der Waals surface area contributed by atoms with Crippen LogP contribution in [0.4, 0.5) is 4.39 Å². The normalized spacial score (nSPS) is 11.9. The summed E-state index contributed by atoms with van der Waals surface area (Å²) in [5.41, 5.74) is 4.11. The highest BCUT2D eigenvalue weighted by atomic mass is 19.1. The van der Waals surface area contributed by atoms with E-state index in [9.17, 15) is 9.18 Å². The second-order valence-electron chi connectivity index (χ2n) is 9.64. The summed E-state index contributed by atoms with van der Waals surface area (Å²) < 4.78 is 26.9. The first kappa shape index (κ1) is 27.2. The van der Waals surface area contributed by atoms with Crippen molar-refractivity contribution < 1.29 is 18.7 Å². The number of amides is 1. The lowest BCUT2D eigenvalue weighted by Gasteiger charge is -2.25. The number of fused-ring (bicyclic) bond motifs is 1. The molecule has 4 aromatic rings. The first-order valence-electron chi connectivity index (χ1n) is 13.3. The molecule has 0 aliphatic heterocycles. The molecule has 6 heteroatoms. The summed E-state index contributed by atoms with van der Waals surface area (Å²) in [6.07, 6.45) is 4.31. The van der Waals surface area contributed by atoms with Crippen LogP contribution in [-0.4, -0.2) is 42.7 Å². The predicted molar refractivity (Wildman–Crippen MR) is 151 cm³/mol. The van der Waals surface area contributed by atoms with Crippen LogP contribution in [0.5, 0.6) is 11.5 Å². The van der Waals surface area contributed by atoms with Crippen LogP contribution >= 0.6 is 0 Å². The molecule has 0 fully saturated rings. The van der Waals surface area contributed by atoms with E-state index in [-0.39, 0.29) is 17.6 Å². The number of carbonyl (C=O) groups is 1. The highest BCUT2D eigenvalue weighted by molar-refractivity contribution is 5.87. The Balaban J connectivity index is 1.83. The van der Waals surface area contributed by atoms with Crippen LogP contribution in [0.1, 0.15) is 55.7 Å². The van der Waals surface area contributed by atoms with Crippen molar-refractivity contribution in [1.29, 1.82) is 0 Å². The van der Waals surface area contributed by atoms with E-state index in [1.54, 1.807) is 14.2 Å². The summed E-state index contributed by atoms with van der Waals surface area (Å²) in [5.74, 6) is 1.05. The number of hydrogen-bond donors (Lipinski definition) is 0. The number of para-hydroxylation sites is 1. The van der Waals surface area contributed by atoms with E-state index in [0.717, 1.165) is 53.5 Å². The molecule has 0 aliphatic carbocycles. The van der Waals surface area contributed by atoms with Gasteiger partial charge in [-0.1, -0.05) is 44.2 Å². The highest BCUT2D eigenvalue weighted by Gasteiger charge is 2.26. The summed E-state index contributed by atoms with van der Waals surface area (Å²) in [7, 11) is 3.27. The first-order chi connectivity index (χ1) is 18.5. The standard InChI is InChI=1S/C32H37FN2O3/c1-5-15-34(16-6-2)32(36)20-29(24-17-26(37-3)19-27(18-24)38-4)30-22-35(31-10-8-7-9-28(30)31)21-23-11-13-25(33)14-12-23/h7-14,17-19,22,29H,5-6,15-16,20-21H2,1-4H3. The van der Waals surface area contributed by atoms with E-state index in [1.165, 1.54) is 12.1 Å². The van der Waals surface area contributed by atoms with Gasteiger partial charge in [0, 0.05) is 55.1 Å². The molecular weight excluding hydrogens is 479 g/mol. The third-order valence-electron chi connectivity index (χ3n) is 6.96. The van der Waals surface area contributed by atoms with Crippen LogP contribution in [0.2, 0.25) is 0 Å². The lowest BCUT2D eigenvalue weighted by molar-refractivity contribution is -0.131. The fourth-order valence-corrected chi connectivity index (χ4v) is 5.11. The topological polar surface area (TPSA) is 43.7 Å². The van der Waals surface area contributed by atoms with E-state index >= 15 is 0 Å². The van der Waals surface area contributed by atoms with Crippen LogP contribution < -0.4 is 9.47 Å². The molecule has 38 heavy (non-hydrogen) atoms. The van der Waals surface area contributed by atoms with Gasteiger partial charge in [-0.2, -0.15) is 0 Å². The van der Waals surface area contributed by atoms with Crippen LogP contribution in [-0.2, 0) is 11.3 Å². The summed E-state index contributed by atoms with van der Waals surface area (Å²) in [5, 5.41) is 1.09. The Morgan fingerprint density at radius 3 is 2.16 bits per heavy atom. The molecule has 200 valence electrons. The molecular formula is C32H37FN2O3. The van der Waals surface area contributed by atoms with E-state index < -0.39 is 0 Å². The van der Waals surface area contributed by atoms with Gasteiger partial charge in [0.05, 0.1) is 14.2 Å². The van der Waals surface area contributed by atoms with Crippen LogP contribution in [0.3, 0.4) is 0 Å². The minimum absolute atomic E-state index is 0.135. The molecule has 1 atom stereocenters. The van der Waals surface area contributed by atoms with Gasteiger partial charge in [0.15, 0.2) is 0 Å². The summed E-state index contributed by atoms with van der Waals surface area (Å²) >= 11 is 0. The maximum absolute atomic E-state index is 13.7. The van der Waals surface area contributed by atoms with Crippen LogP contribution in [0.25, 0.3) is 10.9 Å². The van der Waals surface area contributed by atoms with Crippen molar-refractivity contribution in [2.75, 3.05) is 27.3 Å². The third kappa shape index (κ3) is 6.18. The molecule has 0 N–H and O–H groups in total. The fraction of sp³-hybridized carbons (Fsp3) is 0.344. The average molecular weight is 517 g/mol. The Morgan fingerprint density at radius 2 is 1.55 bits per heavy atom. The van der Waals surface area contributed by atoms with E-state index in [2.05, 4.69) is 36.7 Å². The second-order valence-corrected chi connectivity index (χ2v) is 9.64. The molecule has 0 radical (unpaired) electrons. The van der Waals surface area contributed by atoms with Crippen molar-refractivity contribution >= 4 is 16.8 Å². The summed E-state index contributed by atoms with van der Waals surface area (Å²) in [6, 6.07) is 20.7. The highest BCUT2D eigenvalue weighted by Crippen LogP contribution is 2.38. The number of methoxy groups -OCH3 is 2. The molecule has 4 rings (SSSR count). The number of rotatable bonds is 12. The van der Waals surface area contributed by atoms with Gasteiger partial charge in [-0.05, 0) is 59.9 Å². The molecule has 1 amide bonds. The van der Waals surface area contributed by atoms with Gasteiger partial charge in [-0.25, -0.2) is 4.39 Å². The van der Waals surface area contributed by atoms with Crippen molar-refractivity contribution in [2.24, 2.45) is 0 Å². The molecule has 0 bridgehead atoms. The van der Waals surface area contributed by atoms with Gasteiger partial charge in [0.25, 0.3) is 0 Å². The SMILES string of the molecule is CCCN(CCC)C(=O)CC(c1cc(OC)cc(OC)c1)c1cn(Cc2ccc(F)cc2)c2ccccc12. The Hall–Kier alpha value is -3.80. The van der Waals surface area contributed by atoms with Gasteiger partial charge < -0.3 is 18.9 Å². The number of halogens is 1. The van der Waals surface area contributed by atoms with Crippen molar-refractivity contribution in [2.45, 2.75) is 45.6 Å². The maximum atomic E-state index is 13.7. The van der Waals surface area contributed by atoms with Crippen LogP contribution in [0.15, 0.2) is 72.9 Å². The molecule has 1 aromatic heterocycles. The third-order valence-corrected chi connectivity index (χ3v) is 6.96. The second kappa shape index (κ2) is 12.6. The summed E-state index contributed by atoms with van der Waals surface area (Å²) in [4.78, 5) is 15.7. The van der Waals surface area contributed by atoms with Crippen molar-refractivity contribution in [3.05, 3.63) is 95.4 Å². The Kier molecular flexibility index (Phi) is 9.06. The molecule has 5 nitrogen and oxygen atoms in total. The van der Waals surface area contributed by atoms with Gasteiger partial charge in [-0.15, -0.1) is 0 Å². The zero-order chi connectivity index (χ0) is 27.1. The molecule has 3 aromatic carbocycles. The van der Waals surface area contributed by atoms with E-state index in [0.29, 0.717) is 24.5 Å². The van der Waals surface area contributed by atoms with Crippen molar-refractivity contribution in [3.8, 4) is 11.5 Å². The monoisotopic (exact) mass is 516 g/mol. The number of nitrogens with zero attached hydrogens (tertiary/aromatic N) is 2. The largest absolute Gasteiger partial charge is 0.497 e. The number of benzene rings is 3. The number of ether oxygens (including phenoxy) is 2. The average Bonchev–Trinajstić information content (AvgIpc) is 3.30. The predicted octanol–water partition coefficient (Wildman–Crippen LogP) is 7.02. The summed E-state index contributed by atoms with van der Waals surface area (Å²) in [6.45, 7) is 6.29. The first-order valence-corrected chi connectivity index (χ1v) is 13.3. The number of aromatic nitrogens is 1. The molecule has 0 spiro atoms. The zero-order valence-corrected chi connectivity index (χ0v) is 22.7. The Morgan fingerprint density at radius 1 is 0.921 bits per heavy atom. The molecule has 1 heterocycles. The Labute approximate surface area is 224 Å². The number of hydrogen-bond acceptors (Lipinski definition) is 3. The molecule has 0 aliphatic rings. The maximum Gasteiger partial charge on any atom is 0.223 e. The minimum atomic E-state index is -0.249. The minimum Gasteiger partial charge on any atom is -0.497 e. The number of carbonyl (C=O) groups excluding carboxylic acids is 1. The lowest BCUT2D eigenvalue weighted by Crippen LogP contribution is -2.33. The van der Waals surface area contributed by atoms with Crippen LogP contribution in [0, 0.1) is 5.82 Å². The van der Waals surface area contributed by atoms with Gasteiger partial charge in [0.2, 0.25) is 5.91 Å².